The minimum Gasteiger partial charge on any atom is -0.292 e. The number of hydrogen-bond acceptors (Lipinski definition) is 2. The molecule has 2 aromatic rings. The Morgan fingerprint density at radius 2 is 1.75 bits per heavy atom. The maximum Gasteiger partial charge on any atom is 0.184 e. The van der Waals surface area contributed by atoms with Crippen LogP contribution in [0.15, 0.2) is 42.5 Å². The third-order valence-corrected chi connectivity index (χ3v) is 3.10. The Kier molecular flexibility index (Phi) is 4.11. The molecule has 0 aliphatic heterocycles. The van der Waals surface area contributed by atoms with Gasteiger partial charge in [0.05, 0.1) is 6.07 Å². The van der Waals surface area contributed by atoms with Gasteiger partial charge in [-0.15, -0.1) is 0 Å². The molecule has 0 aliphatic carbocycles. The second-order valence-electron chi connectivity index (χ2n) is 4.11. The lowest BCUT2D eigenvalue weighted by Crippen LogP contribution is -2.12. The van der Waals surface area contributed by atoms with Gasteiger partial charge in [0.25, 0.3) is 0 Å². The van der Waals surface area contributed by atoms with E-state index < -0.39 is 23.3 Å². The molecule has 0 saturated heterocycles. The molecule has 1 atom stereocenters. The quantitative estimate of drug-likeness (QED) is 0.799. The molecule has 100 valence electrons. The van der Waals surface area contributed by atoms with Gasteiger partial charge in [-0.25, -0.2) is 8.78 Å². The van der Waals surface area contributed by atoms with Crippen molar-refractivity contribution in [2.45, 2.75) is 5.92 Å². The van der Waals surface area contributed by atoms with Crippen LogP contribution >= 0.6 is 11.6 Å². The minimum atomic E-state index is -1.20. The third kappa shape index (κ3) is 2.84. The van der Waals surface area contributed by atoms with Crippen molar-refractivity contribution in [3.8, 4) is 6.07 Å². The first-order valence-corrected chi connectivity index (χ1v) is 6.05. The summed E-state index contributed by atoms with van der Waals surface area (Å²) in [5.74, 6) is -3.64. The van der Waals surface area contributed by atoms with Crippen LogP contribution in [0.1, 0.15) is 21.8 Å². The molecule has 0 saturated carbocycles. The van der Waals surface area contributed by atoms with Gasteiger partial charge >= 0.3 is 0 Å². The lowest BCUT2D eigenvalue weighted by Gasteiger charge is -2.10. The molecule has 0 amide bonds. The van der Waals surface area contributed by atoms with Crippen LogP contribution in [0.3, 0.4) is 0 Å². The summed E-state index contributed by atoms with van der Waals surface area (Å²) in [6, 6.07) is 10.6. The highest BCUT2D eigenvalue weighted by Gasteiger charge is 2.24. The van der Waals surface area contributed by atoms with E-state index in [9.17, 15) is 13.6 Å². The largest absolute Gasteiger partial charge is 0.292 e. The van der Waals surface area contributed by atoms with Crippen molar-refractivity contribution in [2.24, 2.45) is 0 Å². The normalized spacial score (nSPS) is 11.7. The molecule has 0 heterocycles. The SMILES string of the molecule is N#CC(C(=O)c1cc(F)cc(F)c1)c1ccccc1Cl. The van der Waals surface area contributed by atoms with E-state index in [0.717, 1.165) is 12.1 Å². The van der Waals surface area contributed by atoms with Gasteiger partial charge in [0.2, 0.25) is 0 Å². The standard InChI is InChI=1S/C15H8ClF2NO/c16-14-4-2-1-3-12(14)13(8-19)15(20)9-5-10(17)7-11(18)6-9/h1-7,13H. The van der Waals surface area contributed by atoms with Gasteiger partial charge in [0.15, 0.2) is 5.78 Å². The van der Waals surface area contributed by atoms with E-state index in [4.69, 9.17) is 16.9 Å². The van der Waals surface area contributed by atoms with Crippen LogP contribution in [0.2, 0.25) is 5.02 Å². The van der Waals surface area contributed by atoms with Gasteiger partial charge in [-0.1, -0.05) is 29.8 Å². The monoisotopic (exact) mass is 291 g/mol. The number of rotatable bonds is 3. The number of ketones is 1. The molecule has 2 rings (SSSR count). The summed E-state index contributed by atoms with van der Waals surface area (Å²) in [5, 5.41) is 9.41. The molecule has 0 spiro atoms. The maximum atomic E-state index is 13.1. The second-order valence-corrected chi connectivity index (χ2v) is 4.51. The van der Waals surface area contributed by atoms with Crippen molar-refractivity contribution in [2.75, 3.05) is 0 Å². The summed E-state index contributed by atoms with van der Waals surface area (Å²) in [4.78, 5) is 12.2. The molecule has 0 N–H and O–H groups in total. The number of nitrogens with zero attached hydrogens (tertiary/aromatic N) is 1. The highest BCUT2D eigenvalue weighted by atomic mass is 35.5. The predicted molar refractivity (Wildman–Crippen MR) is 70.5 cm³/mol. The Morgan fingerprint density at radius 1 is 1.15 bits per heavy atom. The van der Waals surface area contributed by atoms with Crippen LogP contribution in [0.4, 0.5) is 8.78 Å². The third-order valence-electron chi connectivity index (χ3n) is 2.75. The Morgan fingerprint density at radius 3 is 2.30 bits per heavy atom. The molecule has 2 aromatic carbocycles. The molecule has 2 nitrogen and oxygen atoms in total. The predicted octanol–water partition coefficient (Wildman–Crippen LogP) is 4.11. The topological polar surface area (TPSA) is 40.9 Å². The smallest absolute Gasteiger partial charge is 0.184 e. The molecule has 0 aromatic heterocycles. The van der Waals surface area contributed by atoms with Gasteiger partial charge in [-0.2, -0.15) is 5.26 Å². The van der Waals surface area contributed by atoms with Gasteiger partial charge < -0.3 is 0 Å². The molecule has 5 heteroatoms. The molecule has 0 aliphatic rings. The number of benzene rings is 2. The minimum absolute atomic E-state index is 0.200. The van der Waals surface area contributed by atoms with Crippen LogP contribution < -0.4 is 0 Å². The molecule has 0 bridgehead atoms. The fraction of sp³-hybridized carbons (Fsp3) is 0.0667. The van der Waals surface area contributed by atoms with Crippen molar-refractivity contribution in [3.05, 3.63) is 70.2 Å². The lowest BCUT2D eigenvalue weighted by molar-refractivity contribution is 0.0978. The van der Waals surface area contributed by atoms with Gasteiger partial charge in [-0.3, -0.25) is 4.79 Å². The number of carbonyl (C=O) groups is 1. The van der Waals surface area contributed by atoms with E-state index in [2.05, 4.69) is 0 Å². The van der Waals surface area contributed by atoms with E-state index in [1.165, 1.54) is 6.07 Å². The highest BCUT2D eigenvalue weighted by Crippen LogP contribution is 2.27. The average molecular weight is 292 g/mol. The zero-order valence-electron chi connectivity index (χ0n) is 10.1. The number of Topliss-reactive ketones (excluding diaryl/α,β-unsaturated/α-hetero) is 1. The zero-order chi connectivity index (χ0) is 14.7. The van der Waals surface area contributed by atoms with Crippen molar-refractivity contribution in [1.29, 1.82) is 5.26 Å². The summed E-state index contributed by atoms with van der Waals surface area (Å²) < 4.78 is 26.3. The van der Waals surface area contributed by atoms with E-state index >= 15 is 0 Å². The van der Waals surface area contributed by atoms with E-state index in [-0.39, 0.29) is 10.6 Å². The Bertz CT molecular complexity index is 689. The van der Waals surface area contributed by atoms with Crippen molar-refractivity contribution in [1.82, 2.24) is 0 Å². The Hall–Kier alpha value is -2.25. The van der Waals surface area contributed by atoms with Crippen LogP contribution in [0.5, 0.6) is 0 Å². The Labute approximate surface area is 119 Å². The summed E-state index contributed by atoms with van der Waals surface area (Å²) in [6.07, 6.45) is 0. The van der Waals surface area contributed by atoms with Gasteiger partial charge in [0.1, 0.15) is 17.6 Å². The van der Waals surface area contributed by atoms with Crippen LogP contribution in [0, 0.1) is 23.0 Å². The second kappa shape index (κ2) is 5.81. The highest BCUT2D eigenvalue weighted by molar-refractivity contribution is 6.31. The molecule has 20 heavy (non-hydrogen) atoms. The molecule has 0 fully saturated rings. The Balaban J connectivity index is 2.45. The molecular weight excluding hydrogens is 284 g/mol. The van der Waals surface area contributed by atoms with E-state index in [0.29, 0.717) is 11.6 Å². The van der Waals surface area contributed by atoms with E-state index in [1.54, 1.807) is 18.2 Å². The van der Waals surface area contributed by atoms with Gasteiger partial charge in [0, 0.05) is 16.7 Å². The van der Waals surface area contributed by atoms with Crippen LogP contribution in [-0.4, -0.2) is 5.78 Å². The van der Waals surface area contributed by atoms with Gasteiger partial charge in [-0.05, 0) is 23.8 Å². The number of nitriles is 1. The zero-order valence-corrected chi connectivity index (χ0v) is 10.9. The van der Waals surface area contributed by atoms with Crippen molar-refractivity contribution in [3.63, 3.8) is 0 Å². The molecular formula is C15H8ClF2NO. The fourth-order valence-corrected chi connectivity index (χ4v) is 2.09. The first-order valence-electron chi connectivity index (χ1n) is 5.67. The summed E-state index contributed by atoms with van der Waals surface area (Å²) in [6.45, 7) is 0. The molecule has 0 radical (unpaired) electrons. The number of halogens is 3. The summed E-state index contributed by atoms with van der Waals surface area (Å²) >= 11 is 5.94. The summed E-state index contributed by atoms with van der Waals surface area (Å²) in [5.41, 5.74) is 0.111. The first kappa shape index (κ1) is 14.2. The lowest BCUT2D eigenvalue weighted by atomic mass is 9.92. The van der Waals surface area contributed by atoms with Crippen molar-refractivity contribution >= 4 is 17.4 Å². The van der Waals surface area contributed by atoms with Crippen molar-refractivity contribution < 1.29 is 13.6 Å². The fourth-order valence-electron chi connectivity index (χ4n) is 1.84. The first-order chi connectivity index (χ1) is 9.52. The number of carbonyl (C=O) groups excluding carboxylic acids is 1. The average Bonchev–Trinajstić information content (AvgIpc) is 2.40. The van der Waals surface area contributed by atoms with Crippen LogP contribution in [0.25, 0.3) is 0 Å². The summed E-state index contributed by atoms with van der Waals surface area (Å²) in [7, 11) is 0. The van der Waals surface area contributed by atoms with E-state index in [1.807, 2.05) is 6.07 Å². The number of hydrogen-bond donors (Lipinski definition) is 0. The maximum absolute atomic E-state index is 13.1. The van der Waals surface area contributed by atoms with Crippen LogP contribution in [-0.2, 0) is 0 Å². The molecule has 1 unspecified atom stereocenters.